The van der Waals surface area contributed by atoms with Gasteiger partial charge in [-0.3, -0.25) is 4.79 Å². The predicted molar refractivity (Wildman–Crippen MR) is 105 cm³/mol. The van der Waals surface area contributed by atoms with Crippen molar-refractivity contribution in [1.29, 1.82) is 0 Å². The number of carbonyl (C=O) groups excluding carboxylic acids is 1. The van der Waals surface area contributed by atoms with Gasteiger partial charge in [-0.05, 0) is 52.7 Å². The van der Waals surface area contributed by atoms with Gasteiger partial charge in [0.1, 0.15) is 12.2 Å². The zero-order chi connectivity index (χ0) is 19.7. The minimum absolute atomic E-state index is 0.144. The van der Waals surface area contributed by atoms with Gasteiger partial charge >= 0.3 is 0 Å². The zero-order valence-electron chi connectivity index (χ0n) is 15.9. The fourth-order valence-corrected chi connectivity index (χ4v) is 3.24. The molecule has 1 atom stereocenters. The number of aryl methyl sites for hydroxylation is 1. The summed E-state index contributed by atoms with van der Waals surface area (Å²) in [5.41, 5.74) is 3.33. The smallest absolute Gasteiger partial charge is 0.251 e. The van der Waals surface area contributed by atoms with Crippen LogP contribution < -0.4 is 5.32 Å². The molecule has 0 spiro atoms. The van der Waals surface area contributed by atoms with Gasteiger partial charge in [0.15, 0.2) is 0 Å². The molecule has 1 unspecified atom stereocenters. The van der Waals surface area contributed by atoms with E-state index in [1.165, 1.54) is 11.0 Å². The zero-order valence-corrected chi connectivity index (χ0v) is 15.9. The van der Waals surface area contributed by atoms with Gasteiger partial charge in [-0.15, -0.1) is 5.10 Å². The van der Waals surface area contributed by atoms with E-state index >= 15 is 0 Å². The lowest BCUT2D eigenvalue weighted by molar-refractivity contribution is 0.0922. The van der Waals surface area contributed by atoms with Crippen molar-refractivity contribution in [2.75, 3.05) is 0 Å². The Kier molecular flexibility index (Phi) is 4.60. The molecule has 142 valence electrons. The normalized spacial score (nSPS) is 12.4. The second-order valence-electron chi connectivity index (χ2n) is 7.01. The van der Waals surface area contributed by atoms with E-state index in [4.69, 9.17) is 4.98 Å². The molecular weight excluding hydrogens is 354 g/mol. The molecule has 1 amide bonds. The fraction of sp³-hybridized carbons (Fsp3) is 0.250. The first-order valence-electron chi connectivity index (χ1n) is 9.10. The molecule has 0 saturated heterocycles. The minimum Gasteiger partial charge on any atom is -0.342 e. The van der Waals surface area contributed by atoms with Crippen molar-refractivity contribution in [1.82, 2.24) is 35.1 Å². The highest BCUT2D eigenvalue weighted by Gasteiger charge is 2.24. The van der Waals surface area contributed by atoms with Gasteiger partial charge < -0.3 is 9.88 Å². The molecule has 28 heavy (non-hydrogen) atoms. The van der Waals surface area contributed by atoms with Gasteiger partial charge in [-0.1, -0.05) is 26.0 Å². The molecular formula is C20H21N7O. The Balaban J connectivity index is 1.59. The molecule has 2 aromatic carbocycles. The van der Waals surface area contributed by atoms with Crippen LogP contribution in [0.4, 0.5) is 0 Å². The average Bonchev–Trinajstić information content (AvgIpc) is 3.35. The Morgan fingerprint density at radius 1 is 1.07 bits per heavy atom. The van der Waals surface area contributed by atoms with E-state index in [2.05, 4.69) is 34.7 Å². The second-order valence-corrected chi connectivity index (χ2v) is 7.01. The monoisotopic (exact) mass is 375 g/mol. The molecule has 8 nitrogen and oxygen atoms in total. The first-order valence-corrected chi connectivity index (χ1v) is 9.10. The Labute approximate surface area is 162 Å². The average molecular weight is 375 g/mol. The molecule has 0 bridgehead atoms. The summed E-state index contributed by atoms with van der Waals surface area (Å²) in [5.74, 6) is 0.879. The lowest BCUT2D eigenvalue weighted by Gasteiger charge is -2.22. The molecule has 4 aromatic rings. The van der Waals surface area contributed by atoms with Crippen LogP contribution >= 0.6 is 0 Å². The van der Waals surface area contributed by atoms with Gasteiger partial charge in [-0.25, -0.2) is 9.67 Å². The van der Waals surface area contributed by atoms with Gasteiger partial charge in [-0.2, -0.15) is 0 Å². The molecule has 2 aromatic heterocycles. The van der Waals surface area contributed by atoms with Crippen molar-refractivity contribution in [3.63, 3.8) is 0 Å². The van der Waals surface area contributed by atoms with Crippen LogP contribution in [0.2, 0.25) is 0 Å². The molecule has 0 fully saturated rings. The summed E-state index contributed by atoms with van der Waals surface area (Å²) >= 11 is 0. The number of nitrogens with zero attached hydrogens (tertiary/aromatic N) is 6. The standard InChI is InChI=1S/C20H21N7O/c1-13(2)18(19-22-16-6-4-5-7-17(16)26(19)3)23-20(28)14-8-10-15(11-9-14)27-12-21-24-25-27/h4-13,18H,1-3H3,(H,23,28). The number of fused-ring (bicyclic) bond motifs is 1. The summed E-state index contributed by atoms with van der Waals surface area (Å²) in [6.45, 7) is 4.15. The first kappa shape index (κ1) is 17.8. The highest BCUT2D eigenvalue weighted by Crippen LogP contribution is 2.25. The number of rotatable bonds is 5. The van der Waals surface area contributed by atoms with Crippen LogP contribution in [0.25, 0.3) is 16.7 Å². The molecule has 4 rings (SSSR count). The number of para-hydroxylation sites is 2. The third-order valence-corrected chi connectivity index (χ3v) is 4.80. The number of hydrogen-bond donors (Lipinski definition) is 1. The maximum atomic E-state index is 12.9. The number of tetrazole rings is 1. The van der Waals surface area contributed by atoms with Crippen molar-refractivity contribution < 1.29 is 4.79 Å². The molecule has 0 aliphatic carbocycles. The van der Waals surface area contributed by atoms with Gasteiger partial charge in [0.25, 0.3) is 5.91 Å². The van der Waals surface area contributed by atoms with Crippen LogP contribution in [0.1, 0.15) is 36.1 Å². The summed E-state index contributed by atoms with van der Waals surface area (Å²) in [4.78, 5) is 17.6. The Hall–Kier alpha value is -3.55. The minimum atomic E-state index is -0.205. The van der Waals surface area contributed by atoms with E-state index in [0.717, 1.165) is 22.5 Å². The van der Waals surface area contributed by atoms with Crippen LogP contribution in [-0.2, 0) is 7.05 Å². The van der Waals surface area contributed by atoms with Crippen molar-refractivity contribution >= 4 is 16.9 Å². The second kappa shape index (κ2) is 7.22. The third kappa shape index (κ3) is 3.24. The van der Waals surface area contributed by atoms with E-state index in [1.54, 1.807) is 12.1 Å². The maximum absolute atomic E-state index is 12.9. The Morgan fingerprint density at radius 2 is 1.82 bits per heavy atom. The SMILES string of the molecule is CC(C)C(NC(=O)c1ccc(-n2cnnn2)cc1)c1nc2ccccc2n1C. The van der Waals surface area contributed by atoms with Gasteiger partial charge in [0.2, 0.25) is 0 Å². The predicted octanol–water partition coefficient (Wildman–Crippen LogP) is 2.68. The van der Waals surface area contributed by atoms with Gasteiger partial charge in [0, 0.05) is 12.6 Å². The molecule has 0 saturated carbocycles. The molecule has 1 N–H and O–H groups in total. The first-order chi connectivity index (χ1) is 13.5. The summed E-state index contributed by atoms with van der Waals surface area (Å²) in [6.07, 6.45) is 1.51. The topological polar surface area (TPSA) is 90.5 Å². The van der Waals surface area contributed by atoms with Crippen LogP contribution in [0.5, 0.6) is 0 Å². The van der Waals surface area contributed by atoms with Crippen molar-refractivity contribution in [3.05, 3.63) is 66.2 Å². The molecule has 2 heterocycles. The van der Waals surface area contributed by atoms with Crippen LogP contribution in [0, 0.1) is 5.92 Å². The number of amides is 1. The fourth-order valence-electron chi connectivity index (χ4n) is 3.24. The quantitative estimate of drug-likeness (QED) is 0.579. The largest absolute Gasteiger partial charge is 0.342 e. The Morgan fingerprint density at radius 3 is 2.46 bits per heavy atom. The highest BCUT2D eigenvalue weighted by molar-refractivity contribution is 5.94. The molecule has 0 aliphatic rings. The summed E-state index contributed by atoms with van der Waals surface area (Å²) < 4.78 is 3.58. The number of nitrogens with one attached hydrogen (secondary N) is 1. The number of carbonyl (C=O) groups is 1. The van der Waals surface area contributed by atoms with E-state index in [-0.39, 0.29) is 17.9 Å². The van der Waals surface area contributed by atoms with Crippen LogP contribution in [0.3, 0.4) is 0 Å². The van der Waals surface area contributed by atoms with Crippen molar-refractivity contribution in [2.24, 2.45) is 13.0 Å². The van der Waals surface area contributed by atoms with E-state index in [0.29, 0.717) is 5.56 Å². The maximum Gasteiger partial charge on any atom is 0.251 e. The van der Waals surface area contributed by atoms with E-state index < -0.39 is 0 Å². The van der Waals surface area contributed by atoms with Crippen LogP contribution in [0.15, 0.2) is 54.9 Å². The van der Waals surface area contributed by atoms with Gasteiger partial charge in [0.05, 0.1) is 22.8 Å². The molecule has 0 radical (unpaired) electrons. The van der Waals surface area contributed by atoms with E-state index in [1.807, 2.05) is 48.0 Å². The van der Waals surface area contributed by atoms with Crippen LogP contribution in [-0.4, -0.2) is 35.7 Å². The van der Waals surface area contributed by atoms with Crippen molar-refractivity contribution in [2.45, 2.75) is 19.9 Å². The van der Waals surface area contributed by atoms with E-state index in [9.17, 15) is 4.79 Å². The molecule has 0 aliphatic heterocycles. The lowest BCUT2D eigenvalue weighted by atomic mass is 10.0. The number of aromatic nitrogens is 6. The number of imidazole rings is 1. The number of hydrogen-bond acceptors (Lipinski definition) is 5. The van der Waals surface area contributed by atoms with Crippen molar-refractivity contribution in [3.8, 4) is 5.69 Å². The lowest BCUT2D eigenvalue weighted by Crippen LogP contribution is -2.33. The summed E-state index contributed by atoms with van der Waals surface area (Å²) in [5, 5.41) is 14.2. The third-order valence-electron chi connectivity index (χ3n) is 4.80. The summed E-state index contributed by atoms with van der Waals surface area (Å²) in [6, 6.07) is 14.9. The Bertz CT molecular complexity index is 1100. The number of benzene rings is 2. The summed E-state index contributed by atoms with van der Waals surface area (Å²) in [7, 11) is 1.98. The molecule has 8 heteroatoms. The highest BCUT2D eigenvalue weighted by atomic mass is 16.1.